The van der Waals surface area contributed by atoms with Gasteiger partial charge in [-0.15, -0.1) is 0 Å². The molecule has 1 N–H and O–H groups in total. The molecule has 34 heavy (non-hydrogen) atoms. The molecule has 0 fully saturated rings. The molecule has 0 aliphatic carbocycles. The van der Waals surface area contributed by atoms with Crippen LogP contribution in [0.4, 0.5) is 0 Å². The quantitative estimate of drug-likeness (QED) is 0.329. The second-order valence-electron chi connectivity index (χ2n) is 9.25. The average Bonchev–Trinajstić information content (AvgIpc) is 3.15. The number of hydrogen-bond donors (Lipinski definition) is 1. The number of nitrogens with zero attached hydrogens (tertiary/aromatic N) is 2. The van der Waals surface area contributed by atoms with Gasteiger partial charge < -0.3 is 19.1 Å². The van der Waals surface area contributed by atoms with Crippen LogP contribution in [0.25, 0.3) is 11.0 Å². The Kier molecular flexibility index (Phi) is 7.23. The molecule has 5 nitrogen and oxygen atoms in total. The normalized spacial score (nSPS) is 12.3. The molecule has 0 aliphatic rings. The van der Waals surface area contributed by atoms with Gasteiger partial charge in [-0.3, -0.25) is 0 Å². The van der Waals surface area contributed by atoms with Crippen molar-refractivity contribution in [2.24, 2.45) is 0 Å². The summed E-state index contributed by atoms with van der Waals surface area (Å²) in [5.74, 6) is 2.88. The zero-order valence-corrected chi connectivity index (χ0v) is 20.7. The summed E-state index contributed by atoms with van der Waals surface area (Å²) >= 11 is 0. The fourth-order valence-electron chi connectivity index (χ4n) is 4.30. The first-order chi connectivity index (χ1) is 16.3. The third-order valence-electron chi connectivity index (χ3n) is 6.34. The van der Waals surface area contributed by atoms with Crippen molar-refractivity contribution in [2.45, 2.75) is 59.8 Å². The van der Waals surface area contributed by atoms with Crippen LogP contribution in [0.15, 0.2) is 60.7 Å². The van der Waals surface area contributed by atoms with Crippen molar-refractivity contribution in [2.75, 3.05) is 6.61 Å². The van der Waals surface area contributed by atoms with Crippen LogP contribution in [-0.4, -0.2) is 27.4 Å². The molecule has 0 spiro atoms. The van der Waals surface area contributed by atoms with Gasteiger partial charge in [0.1, 0.15) is 36.6 Å². The van der Waals surface area contributed by atoms with E-state index in [0.29, 0.717) is 19.1 Å². The summed E-state index contributed by atoms with van der Waals surface area (Å²) in [6, 6.07) is 20.1. The molecular weight excluding hydrogens is 424 g/mol. The van der Waals surface area contributed by atoms with E-state index in [9.17, 15) is 5.11 Å². The minimum Gasteiger partial charge on any atom is -0.491 e. The van der Waals surface area contributed by atoms with Crippen molar-refractivity contribution < 1.29 is 14.6 Å². The lowest BCUT2D eigenvalue weighted by molar-refractivity contribution is 0.0914. The lowest BCUT2D eigenvalue weighted by Crippen LogP contribution is -2.25. The molecular formula is C29H34N2O3. The van der Waals surface area contributed by atoms with Gasteiger partial charge in [-0.2, -0.15) is 0 Å². The van der Waals surface area contributed by atoms with Crippen LogP contribution < -0.4 is 9.47 Å². The predicted octanol–water partition coefficient (Wildman–Crippen LogP) is 6.10. The third-order valence-corrected chi connectivity index (χ3v) is 6.34. The Balaban J connectivity index is 1.49. The number of aryl methyl sites for hydroxylation is 2. The summed E-state index contributed by atoms with van der Waals surface area (Å²) in [6.45, 7) is 11.5. The Morgan fingerprint density at radius 1 is 0.912 bits per heavy atom. The van der Waals surface area contributed by atoms with Crippen molar-refractivity contribution in [1.82, 2.24) is 9.55 Å². The molecule has 0 bridgehead atoms. The summed E-state index contributed by atoms with van der Waals surface area (Å²) in [5, 5.41) is 10.8. The number of aromatic nitrogens is 2. The number of rotatable bonds is 9. The van der Waals surface area contributed by atoms with E-state index in [4.69, 9.17) is 14.5 Å². The van der Waals surface area contributed by atoms with Crippen molar-refractivity contribution in [3.8, 4) is 11.5 Å². The fraction of sp³-hybridized carbons (Fsp3) is 0.345. The molecule has 4 aromatic rings. The van der Waals surface area contributed by atoms with Crippen molar-refractivity contribution in [3.63, 3.8) is 0 Å². The smallest absolute Gasteiger partial charge is 0.148 e. The highest BCUT2D eigenvalue weighted by Gasteiger charge is 2.16. The monoisotopic (exact) mass is 458 g/mol. The first-order valence-corrected chi connectivity index (χ1v) is 11.9. The molecule has 0 saturated carbocycles. The number of aliphatic hydroxyl groups is 1. The van der Waals surface area contributed by atoms with Gasteiger partial charge in [0, 0.05) is 0 Å². The second-order valence-corrected chi connectivity index (χ2v) is 9.25. The maximum atomic E-state index is 10.8. The first kappa shape index (κ1) is 23.8. The van der Waals surface area contributed by atoms with E-state index in [1.54, 1.807) is 0 Å². The van der Waals surface area contributed by atoms with Crippen LogP contribution in [0.3, 0.4) is 0 Å². The number of fused-ring (bicyclic) bond motifs is 1. The van der Waals surface area contributed by atoms with E-state index in [2.05, 4.69) is 45.9 Å². The molecule has 5 heteroatoms. The molecule has 1 unspecified atom stereocenters. The van der Waals surface area contributed by atoms with Gasteiger partial charge in [-0.1, -0.05) is 44.2 Å². The van der Waals surface area contributed by atoms with Crippen molar-refractivity contribution >= 4 is 11.0 Å². The minimum absolute atomic E-state index is 0.201. The predicted molar refractivity (Wildman–Crippen MR) is 137 cm³/mol. The molecule has 0 saturated heterocycles. The lowest BCUT2D eigenvalue weighted by atomic mass is 9.98. The topological polar surface area (TPSA) is 56.5 Å². The van der Waals surface area contributed by atoms with Gasteiger partial charge in [0.15, 0.2) is 0 Å². The average molecular weight is 459 g/mol. The highest BCUT2D eigenvalue weighted by molar-refractivity contribution is 5.75. The van der Waals surface area contributed by atoms with E-state index < -0.39 is 6.10 Å². The maximum absolute atomic E-state index is 10.8. The van der Waals surface area contributed by atoms with Gasteiger partial charge >= 0.3 is 0 Å². The highest BCUT2D eigenvalue weighted by atomic mass is 16.5. The Bertz CT molecular complexity index is 1280. The standard InChI is InChI=1S/C29H34N2O3/c1-19(2)25-14-13-24(15-21(25)4)33-18-29-30-26-10-6-7-11-27(26)31(29)16-23(32)17-34-28-12-8-9-20(3)22(28)5/h6-15,19,23,32H,16-18H2,1-5H3. The largest absolute Gasteiger partial charge is 0.491 e. The van der Waals surface area contributed by atoms with Gasteiger partial charge in [0.2, 0.25) is 0 Å². The SMILES string of the molecule is Cc1cc(OCc2nc3ccccc3n2CC(O)COc2cccc(C)c2C)ccc1C(C)C. The number of imidazole rings is 1. The Labute approximate surface area is 202 Å². The number of benzene rings is 3. The van der Waals surface area contributed by atoms with Crippen LogP contribution in [0.1, 0.15) is 47.8 Å². The highest BCUT2D eigenvalue weighted by Crippen LogP contribution is 2.25. The minimum atomic E-state index is -0.691. The van der Waals surface area contributed by atoms with Crippen molar-refractivity contribution in [1.29, 1.82) is 0 Å². The molecule has 178 valence electrons. The summed E-state index contributed by atoms with van der Waals surface area (Å²) in [6.07, 6.45) is -0.691. The van der Waals surface area contributed by atoms with Crippen molar-refractivity contribution in [3.05, 3.63) is 88.7 Å². The van der Waals surface area contributed by atoms with Gasteiger partial charge in [0.05, 0.1) is 17.6 Å². The third kappa shape index (κ3) is 5.26. The van der Waals surface area contributed by atoms with Crippen LogP contribution in [0.2, 0.25) is 0 Å². The molecule has 4 rings (SSSR count). The molecule has 3 aromatic carbocycles. The summed E-state index contributed by atoms with van der Waals surface area (Å²) in [4.78, 5) is 4.78. The zero-order valence-electron chi connectivity index (χ0n) is 20.7. The maximum Gasteiger partial charge on any atom is 0.148 e. The molecule has 1 atom stereocenters. The number of hydrogen-bond acceptors (Lipinski definition) is 4. The number of para-hydroxylation sites is 2. The molecule has 0 aliphatic heterocycles. The van der Waals surface area contributed by atoms with E-state index in [1.165, 1.54) is 16.7 Å². The second kappa shape index (κ2) is 10.3. The zero-order chi connectivity index (χ0) is 24.2. The number of aliphatic hydroxyl groups excluding tert-OH is 1. The van der Waals surface area contributed by atoms with Crippen LogP contribution in [-0.2, 0) is 13.2 Å². The van der Waals surface area contributed by atoms with Crippen LogP contribution >= 0.6 is 0 Å². The Morgan fingerprint density at radius 2 is 1.71 bits per heavy atom. The van der Waals surface area contributed by atoms with E-state index >= 15 is 0 Å². The molecule has 1 aromatic heterocycles. The summed E-state index contributed by atoms with van der Waals surface area (Å²) in [7, 11) is 0. The van der Waals surface area contributed by atoms with E-state index in [0.717, 1.165) is 33.9 Å². The van der Waals surface area contributed by atoms with Crippen LogP contribution in [0, 0.1) is 20.8 Å². The lowest BCUT2D eigenvalue weighted by Gasteiger charge is -2.17. The summed E-state index contributed by atoms with van der Waals surface area (Å²) < 4.78 is 14.1. The first-order valence-electron chi connectivity index (χ1n) is 11.9. The van der Waals surface area contributed by atoms with Crippen LogP contribution in [0.5, 0.6) is 11.5 Å². The van der Waals surface area contributed by atoms with Gasteiger partial charge in [0.25, 0.3) is 0 Å². The molecule has 0 radical (unpaired) electrons. The molecule has 0 amide bonds. The fourth-order valence-corrected chi connectivity index (χ4v) is 4.30. The van der Waals surface area contributed by atoms with E-state index in [1.807, 2.05) is 54.0 Å². The molecule has 1 heterocycles. The number of ether oxygens (including phenoxy) is 2. The van der Waals surface area contributed by atoms with Gasteiger partial charge in [-0.25, -0.2) is 4.98 Å². The summed E-state index contributed by atoms with van der Waals surface area (Å²) in [5.41, 5.74) is 6.67. The Morgan fingerprint density at radius 3 is 2.47 bits per heavy atom. The van der Waals surface area contributed by atoms with E-state index in [-0.39, 0.29) is 6.61 Å². The Hall–Kier alpha value is -3.31. The van der Waals surface area contributed by atoms with Gasteiger partial charge in [-0.05, 0) is 79.3 Å².